The van der Waals surface area contributed by atoms with Gasteiger partial charge in [-0.2, -0.15) is 0 Å². The quantitative estimate of drug-likeness (QED) is 0.231. The average molecular weight is 722 g/mol. The van der Waals surface area contributed by atoms with Gasteiger partial charge >= 0.3 is 0 Å². The second-order valence-electron chi connectivity index (χ2n) is 6.90. The van der Waals surface area contributed by atoms with Gasteiger partial charge in [0, 0.05) is 19.8 Å². The molecule has 184 valence electrons. The van der Waals surface area contributed by atoms with Crippen LogP contribution in [0.2, 0.25) is 0 Å². The van der Waals surface area contributed by atoms with Crippen LogP contribution in [0.4, 0.5) is 11.4 Å². The summed E-state index contributed by atoms with van der Waals surface area (Å²) in [7, 11) is -3.49. The highest BCUT2D eigenvalue weighted by molar-refractivity contribution is 14.1. The molecule has 0 saturated heterocycles. The van der Waals surface area contributed by atoms with Gasteiger partial charge in [0.05, 0.1) is 17.2 Å². The molecule has 1 amide bonds. The molecule has 2 aromatic carbocycles. The molecule has 0 aliphatic heterocycles. The Kier molecular flexibility index (Phi) is 12.5. The van der Waals surface area contributed by atoms with Crippen molar-refractivity contribution in [3.8, 4) is 0 Å². The predicted molar refractivity (Wildman–Crippen MR) is 150 cm³/mol. The number of anilines is 2. The predicted octanol–water partition coefficient (Wildman–Crippen LogP) is 2.31. The standard InChI is InChI=1S/C11H15IN2O3S.C9H13IN2O2S/c1-8(15)14-11-4-3-9(7-10(11)12)5-6-18(16,17)13-2;1-12-15(13,14)5-4-7-2-3-9(11)8(10)6-7/h3-4,7,13H,5-6H2,1-2H3,(H,14,15);2-3,6,12H,4-5,11H2,1H3. The van der Waals surface area contributed by atoms with E-state index in [-0.39, 0.29) is 17.4 Å². The maximum Gasteiger partial charge on any atom is 0.221 e. The van der Waals surface area contributed by atoms with Crippen molar-refractivity contribution in [2.24, 2.45) is 0 Å². The van der Waals surface area contributed by atoms with Gasteiger partial charge in [-0.1, -0.05) is 12.1 Å². The summed E-state index contributed by atoms with van der Waals surface area (Å²) in [6.45, 7) is 1.45. The van der Waals surface area contributed by atoms with Crippen molar-refractivity contribution >= 4 is 82.5 Å². The van der Waals surface area contributed by atoms with Gasteiger partial charge in [0.1, 0.15) is 0 Å². The van der Waals surface area contributed by atoms with Crippen LogP contribution < -0.4 is 20.5 Å². The van der Waals surface area contributed by atoms with Crippen molar-refractivity contribution in [3.05, 3.63) is 54.7 Å². The fraction of sp³-hybridized carbons (Fsp3) is 0.350. The van der Waals surface area contributed by atoms with Crippen molar-refractivity contribution in [1.29, 1.82) is 0 Å². The number of amides is 1. The van der Waals surface area contributed by atoms with Gasteiger partial charge in [-0.15, -0.1) is 0 Å². The van der Waals surface area contributed by atoms with E-state index in [0.29, 0.717) is 12.8 Å². The highest BCUT2D eigenvalue weighted by Gasteiger charge is 2.09. The van der Waals surface area contributed by atoms with Crippen molar-refractivity contribution in [2.45, 2.75) is 19.8 Å². The summed E-state index contributed by atoms with van der Waals surface area (Å²) < 4.78 is 51.4. The number of hydrogen-bond acceptors (Lipinski definition) is 6. The van der Waals surface area contributed by atoms with E-state index in [4.69, 9.17) is 5.73 Å². The summed E-state index contributed by atoms with van der Waals surface area (Å²) in [5, 5.41) is 2.71. The molecule has 9 nitrogen and oxygen atoms in total. The van der Waals surface area contributed by atoms with Crippen LogP contribution >= 0.6 is 45.2 Å². The zero-order valence-corrected chi connectivity index (χ0v) is 24.4. The Morgan fingerprint density at radius 1 is 0.848 bits per heavy atom. The molecular weight excluding hydrogens is 694 g/mol. The number of benzene rings is 2. The van der Waals surface area contributed by atoms with Gasteiger partial charge < -0.3 is 11.1 Å². The Morgan fingerprint density at radius 3 is 1.70 bits per heavy atom. The number of nitrogens with two attached hydrogens (primary N) is 1. The number of halogens is 2. The zero-order valence-electron chi connectivity index (χ0n) is 18.5. The van der Waals surface area contributed by atoms with E-state index in [1.165, 1.54) is 21.0 Å². The monoisotopic (exact) mass is 722 g/mol. The number of sulfonamides is 2. The highest BCUT2D eigenvalue weighted by Crippen LogP contribution is 2.20. The Morgan fingerprint density at radius 2 is 1.30 bits per heavy atom. The number of carbonyl (C=O) groups excluding carboxylic acids is 1. The Balaban J connectivity index is 0.000000335. The van der Waals surface area contributed by atoms with Gasteiger partial charge in [-0.05, 0) is 108 Å². The third kappa shape index (κ3) is 11.8. The topological polar surface area (TPSA) is 147 Å². The van der Waals surface area contributed by atoms with Crippen molar-refractivity contribution < 1.29 is 21.6 Å². The van der Waals surface area contributed by atoms with Gasteiger partial charge in [-0.25, -0.2) is 26.3 Å². The van der Waals surface area contributed by atoms with E-state index in [1.807, 2.05) is 24.3 Å². The molecule has 0 spiro atoms. The Bertz CT molecular complexity index is 1170. The van der Waals surface area contributed by atoms with E-state index in [2.05, 4.69) is 59.9 Å². The number of aryl methyl sites for hydroxylation is 2. The summed E-state index contributed by atoms with van der Waals surface area (Å²) in [6, 6.07) is 11.0. The molecule has 0 fully saturated rings. The first kappa shape index (κ1) is 30.0. The minimum Gasteiger partial charge on any atom is -0.398 e. The highest BCUT2D eigenvalue weighted by atomic mass is 127. The molecule has 0 aliphatic carbocycles. The van der Waals surface area contributed by atoms with Crippen LogP contribution in [0, 0.1) is 7.14 Å². The van der Waals surface area contributed by atoms with Crippen molar-refractivity contribution in [2.75, 3.05) is 36.7 Å². The molecule has 0 aromatic heterocycles. The molecule has 2 aromatic rings. The van der Waals surface area contributed by atoms with Crippen LogP contribution in [0.1, 0.15) is 18.1 Å². The molecule has 0 heterocycles. The van der Waals surface area contributed by atoms with Crippen LogP contribution in [-0.2, 0) is 37.7 Å². The summed E-state index contributed by atoms with van der Waals surface area (Å²) in [6.07, 6.45) is 0.943. The lowest BCUT2D eigenvalue weighted by Crippen LogP contribution is -2.23. The normalized spacial score (nSPS) is 11.4. The van der Waals surface area contributed by atoms with E-state index in [9.17, 15) is 21.6 Å². The van der Waals surface area contributed by atoms with Crippen LogP contribution in [0.25, 0.3) is 0 Å². The van der Waals surface area contributed by atoms with Crippen LogP contribution in [-0.4, -0.2) is 48.3 Å². The second kappa shape index (κ2) is 13.8. The first-order valence-corrected chi connectivity index (χ1v) is 15.2. The Hall–Kier alpha value is -1.01. The van der Waals surface area contributed by atoms with E-state index in [1.54, 1.807) is 12.1 Å². The first-order chi connectivity index (χ1) is 15.3. The maximum absolute atomic E-state index is 11.3. The smallest absolute Gasteiger partial charge is 0.221 e. The van der Waals surface area contributed by atoms with E-state index >= 15 is 0 Å². The SMILES string of the molecule is CNS(=O)(=O)CCc1ccc(N)c(I)c1.CNS(=O)(=O)CCc1ccc(NC(C)=O)c(I)c1. The van der Waals surface area contributed by atoms with E-state index in [0.717, 1.165) is 29.6 Å². The molecule has 0 aliphatic rings. The zero-order chi connectivity index (χ0) is 25.2. The lowest BCUT2D eigenvalue weighted by atomic mass is 10.1. The van der Waals surface area contributed by atoms with Gasteiger partial charge in [-0.3, -0.25) is 4.79 Å². The summed E-state index contributed by atoms with van der Waals surface area (Å²) in [5.41, 5.74) is 9.02. The summed E-state index contributed by atoms with van der Waals surface area (Å²) >= 11 is 4.24. The van der Waals surface area contributed by atoms with Crippen molar-refractivity contribution in [3.63, 3.8) is 0 Å². The summed E-state index contributed by atoms with van der Waals surface area (Å²) in [5.74, 6) is 0.0289. The average Bonchev–Trinajstić information content (AvgIpc) is 2.75. The minimum absolute atomic E-state index is 0.0546. The van der Waals surface area contributed by atoms with Crippen LogP contribution in [0.3, 0.4) is 0 Å². The van der Waals surface area contributed by atoms with Gasteiger partial charge in [0.2, 0.25) is 26.0 Å². The molecule has 0 atom stereocenters. The van der Waals surface area contributed by atoms with Gasteiger partial charge in [0.15, 0.2) is 0 Å². The van der Waals surface area contributed by atoms with Gasteiger partial charge in [0.25, 0.3) is 0 Å². The lowest BCUT2D eigenvalue weighted by molar-refractivity contribution is -0.114. The third-order valence-electron chi connectivity index (χ3n) is 4.35. The molecule has 33 heavy (non-hydrogen) atoms. The molecule has 13 heteroatoms. The molecule has 2 rings (SSSR count). The third-order valence-corrected chi connectivity index (χ3v) is 8.90. The number of rotatable bonds is 9. The molecular formula is C20H28I2N4O5S2. The van der Waals surface area contributed by atoms with E-state index < -0.39 is 20.0 Å². The fourth-order valence-corrected chi connectivity index (χ4v) is 5.15. The van der Waals surface area contributed by atoms with Crippen LogP contribution in [0.5, 0.6) is 0 Å². The fourth-order valence-electron chi connectivity index (χ4n) is 2.44. The number of nitrogens with one attached hydrogen (secondary N) is 3. The number of hydrogen-bond donors (Lipinski definition) is 4. The summed E-state index contributed by atoms with van der Waals surface area (Å²) in [4.78, 5) is 10.9. The lowest BCUT2D eigenvalue weighted by Gasteiger charge is -2.08. The molecule has 5 N–H and O–H groups in total. The Labute approximate surface area is 223 Å². The molecule has 0 unspecified atom stereocenters. The first-order valence-electron chi connectivity index (χ1n) is 9.71. The number of carbonyl (C=O) groups is 1. The molecule has 0 bridgehead atoms. The van der Waals surface area contributed by atoms with Crippen molar-refractivity contribution in [1.82, 2.24) is 9.44 Å². The molecule has 0 saturated carbocycles. The second-order valence-corrected chi connectivity index (χ2v) is 13.3. The largest absolute Gasteiger partial charge is 0.398 e. The maximum atomic E-state index is 11.3. The number of nitrogen functional groups attached to an aromatic ring is 1. The van der Waals surface area contributed by atoms with Crippen LogP contribution in [0.15, 0.2) is 36.4 Å². The molecule has 0 radical (unpaired) electrons. The minimum atomic E-state index is -3.18.